The molecule has 0 spiro atoms. The fraction of sp³-hybridized carbons (Fsp3) is 1.00. The molecule has 1 aliphatic heterocycles. The summed E-state index contributed by atoms with van der Waals surface area (Å²) in [6.45, 7) is 1.25. The summed E-state index contributed by atoms with van der Waals surface area (Å²) in [5.41, 5.74) is 0. The normalized spacial score (nSPS) is 22.2. The number of ether oxygens (including phenoxy) is 1. The lowest BCUT2D eigenvalue weighted by atomic mass is 10.2. The van der Waals surface area contributed by atoms with Crippen molar-refractivity contribution in [1.29, 1.82) is 0 Å². The fourth-order valence-electron chi connectivity index (χ4n) is 1.54. The van der Waals surface area contributed by atoms with Crippen LogP contribution in [-0.4, -0.2) is 45.1 Å². The molecule has 15 heavy (non-hydrogen) atoms. The van der Waals surface area contributed by atoms with Gasteiger partial charge in [-0.1, -0.05) is 0 Å². The molecule has 2 N–H and O–H groups in total. The summed E-state index contributed by atoms with van der Waals surface area (Å²) in [5.74, 6) is 0. The Kier molecular flexibility index (Phi) is 5.35. The highest BCUT2D eigenvalue weighted by molar-refractivity contribution is 4.75. The van der Waals surface area contributed by atoms with Crippen LogP contribution in [0.1, 0.15) is 12.8 Å². The predicted octanol–water partition coefficient (Wildman–Crippen LogP) is 0.907. The largest absolute Gasteiger partial charge is 0.411 e. The first-order valence-corrected chi connectivity index (χ1v) is 5.16. The highest BCUT2D eigenvalue weighted by Crippen LogP contribution is 2.13. The van der Waals surface area contributed by atoms with E-state index in [1.165, 1.54) is 6.42 Å². The van der Waals surface area contributed by atoms with Crippen molar-refractivity contribution in [3.8, 4) is 0 Å². The van der Waals surface area contributed by atoms with Crippen molar-refractivity contribution >= 4 is 0 Å². The van der Waals surface area contributed by atoms with E-state index in [0.717, 1.165) is 19.5 Å². The van der Waals surface area contributed by atoms with E-state index in [9.17, 15) is 13.2 Å². The second-order valence-corrected chi connectivity index (χ2v) is 3.67. The van der Waals surface area contributed by atoms with Crippen LogP contribution in [0.15, 0.2) is 0 Å². The molecule has 1 heterocycles. The molecule has 6 heteroatoms. The molecular weight excluding hydrogens is 209 g/mol. The van der Waals surface area contributed by atoms with Gasteiger partial charge >= 0.3 is 6.18 Å². The molecule has 0 aromatic heterocycles. The van der Waals surface area contributed by atoms with Crippen molar-refractivity contribution in [2.45, 2.75) is 25.1 Å². The van der Waals surface area contributed by atoms with Gasteiger partial charge < -0.3 is 15.4 Å². The van der Waals surface area contributed by atoms with Crippen molar-refractivity contribution < 1.29 is 17.9 Å². The third kappa shape index (κ3) is 6.70. The quantitative estimate of drug-likeness (QED) is 0.660. The van der Waals surface area contributed by atoms with E-state index >= 15 is 0 Å². The molecule has 0 saturated carbocycles. The summed E-state index contributed by atoms with van der Waals surface area (Å²) in [6, 6.07) is 0.465. The molecule has 1 fully saturated rings. The van der Waals surface area contributed by atoms with E-state index in [2.05, 4.69) is 15.4 Å². The molecule has 0 aliphatic carbocycles. The number of hydrogen-bond donors (Lipinski definition) is 2. The van der Waals surface area contributed by atoms with Crippen molar-refractivity contribution in [3.05, 3.63) is 0 Å². The Balaban J connectivity index is 1.84. The Morgan fingerprint density at radius 2 is 2.20 bits per heavy atom. The lowest BCUT2D eigenvalue weighted by molar-refractivity contribution is -0.173. The average Bonchev–Trinajstić information content (AvgIpc) is 2.61. The number of hydrogen-bond acceptors (Lipinski definition) is 3. The van der Waals surface area contributed by atoms with Crippen molar-refractivity contribution in [2.24, 2.45) is 0 Å². The van der Waals surface area contributed by atoms with Crippen LogP contribution in [0.25, 0.3) is 0 Å². The first-order chi connectivity index (χ1) is 7.08. The zero-order chi connectivity index (χ0) is 11.1. The molecule has 0 amide bonds. The van der Waals surface area contributed by atoms with Gasteiger partial charge in [0.05, 0.1) is 6.61 Å². The summed E-state index contributed by atoms with van der Waals surface area (Å²) in [5, 5.41) is 6.35. The molecule has 90 valence electrons. The number of nitrogens with one attached hydrogen (secondary N) is 2. The molecule has 1 aliphatic rings. The summed E-state index contributed by atoms with van der Waals surface area (Å²) >= 11 is 0. The van der Waals surface area contributed by atoms with Gasteiger partial charge in [0.25, 0.3) is 0 Å². The SMILES string of the molecule is FC(F)(F)COCCNCC1CCCN1. The Labute approximate surface area is 87.4 Å². The summed E-state index contributed by atoms with van der Waals surface area (Å²) < 4.78 is 39.4. The van der Waals surface area contributed by atoms with Crippen LogP contribution in [0.5, 0.6) is 0 Å². The molecular formula is C9H17F3N2O. The third-order valence-electron chi connectivity index (χ3n) is 2.24. The van der Waals surface area contributed by atoms with Crippen LogP contribution in [0.3, 0.4) is 0 Å². The minimum Gasteiger partial charge on any atom is -0.371 e. The molecule has 0 bridgehead atoms. The summed E-state index contributed by atoms with van der Waals surface area (Å²) in [4.78, 5) is 0. The van der Waals surface area contributed by atoms with Gasteiger partial charge in [-0.25, -0.2) is 0 Å². The van der Waals surface area contributed by atoms with Gasteiger partial charge in [-0.2, -0.15) is 13.2 Å². The van der Waals surface area contributed by atoms with E-state index < -0.39 is 12.8 Å². The summed E-state index contributed by atoms with van der Waals surface area (Å²) in [7, 11) is 0. The maximum atomic E-state index is 11.7. The average molecular weight is 226 g/mol. The highest BCUT2D eigenvalue weighted by Gasteiger charge is 2.27. The first-order valence-electron chi connectivity index (χ1n) is 5.16. The molecule has 0 radical (unpaired) electrons. The molecule has 1 saturated heterocycles. The minimum absolute atomic E-state index is 0.103. The maximum Gasteiger partial charge on any atom is 0.411 e. The van der Waals surface area contributed by atoms with Gasteiger partial charge in [0.15, 0.2) is 0 Å². The highest BCUT2D eigenvalue weighted by atomic mass is 19.4. The Morgan fingerprint density at radius 3 is 2.80 bits per heavy atom. The molecule has 0 aromatic carbocycles. The zero-order valence-electron chi connectivity index (χ0n) is 8.57. The number of rotatable bonds is 6. The molecule has 1 unspecified atom stereocenters. The monoisotopic (exact) mass is 226 g/mol. The fourth-order valence-corrected chi connectivity index (χ4v) is 1.54. The number of halogens is 3. The van der Waals surface area contributed by atoms with E-state index in [0.29, 0.717) is 12.6 Å². The van der Waals surface area contributed by atoms with E-state index in [1.807, 2.05) is 0 Å². The number of alkyl halides is 3. The second kappa shape index (κ2) is 6.30. The van der Waals surface area contributed by atoms with Crippen LogP contribution in [0, 0.1) is 0 Å². The van der Waals surface area contributed by atoms with Crippen LogP contribution in [-0.2, 0) is 4.74 Å². The van der Waals surface area contributed by atoms with E-state index in [-0.39, 0.29) is 6.61 Å². The Morgan fingerprint density at radius 1 is 1.40 bits per heavy atom. The van der Waals surface area contributed by atoms with Crippen LogP contribution >= 0.6 is 0 Å². The van der Waals surface area contributed by atoms with Crippen LogP contribution < -0.4 is 10.6 Å². The van der Waals surface area contributed by atoms with Gasteiger partial charge in [-0.05, 0) is 19.4 Å². The molecule has 1 atom stereocenters. The van der Waals surface area contributed by atoms with Gasteiger partial charge in [-0.3, -0.25) is 0 Å². The van der Waals surface area contributed by atoms with Crippen molar-refractivity contribution in [1.82, 2.24) is 10.6 Å². The third-order valence-corrected chi connectivity index (χ3v) is 2.24. The Hall–Kier alpha value is -0.330. The van der Waals surface area contributed by atoms with Crippen molar-refractivity contribution in [3.63, 3.8) is 0 Å². The maximum absolute atomic E-state index is 11.7. The lowest BCUT2D eigenvalue weighted by Gasteiger charge is -2.12. The first kappa shape index (κ1) is 12.7. The van der Waals surface area contributed by atoms with Gasteiger partial charge in [0.1, 0.15) is 6.61 Å². The Bertz CT molecular complexity index is 169. The second-order valence-electron chi connectivity index (χ2n) is 3.67. The van der Waals surface area contributed by atoms with Crippen LogP contribution in [0.4, 0.5) is 13.2 Å². The minimum atomic E-state index is -4.22. The van der Waals surface area contributed by atoms with Crippen molar-refractivity contribution in [2.75, 3.05) is 32.8 Å². The predicted molar refractivity (Wildman–Crippen MR) is 50.8 cm³/mol. The van der Waals surface area contributed by atoms with E-state index in [1.54, 1.807) is 0 Å². The zero-order valence-corrected chi connectivity index (χ0v) is 8.57. The standard InChI is InChI=1S/C9H17F3N2O/c10-9(11,12)7-15-5-4-13-6-8-2-1-3-14-8/h8,13-14H,1-7H2. The molecule has 3 nitrogen and oxygen atoms in total. The van der Waals surface area contributed by atoms with Gasteiger partial charge in [-0.15, -0.1) is 0 Å². The van der Waals surface area contributed by atoms with Gasteiger partial charge in [0, 0.05) is 19.1 Å². The summed E-state index contributed by atoms with van der Waals surface area (Å²) in [6.07, 6.45) is -1.90. The van der Waals surface area contributed by atoms with Crippen LogP contribution in [0.2, 0.25) is 0 Å². The van der Waals surface area contributed by atoms with E-state index in [4.69, 9.17) is 0 Å². The lowest BCUT2D eigenvalue weighted by Crippen LogP contribution is -2.35. The molecule has 0 aromatic rings. The van der Waals surface area contributed by atoms with Gasteiger partial charge in [0.2, 0.25) is 0 Å². The smallest absolute Gasteiger partial charge is 0.371 e. The molecule has 1 rings (SSSR count). The topological polar surface area (TPSA) is 33.3 Å².